The number of hydrogen-bond donors (Lipinski definition) is 0. The quantitative estimate of drug-likeness (QED) is 0.509. The summed E-state index contributed by atoms with van der Waals surface area (Å²) >= 11 is 0. The van der Waals surface area contributed by atoms with Gasteiger partial charge in [0.1, 0.15) is 12.5 Å². The number of methoxy groups -OCH3 is 1. The maximum absolute atomic E-state index is 14.7. The predicted molar refractivity (Wildman–Crippen MR) is 102 cm³/mol. The highest BCUT2D eigenvalue weighted by Crippen LogP contribution is 2.41. The first-order valence-corrected chi connectivity index (χ1v) is 9.25. The molecule has 0 amide bonds. The zero-order chi connectivity index (χ0) is 21.7. The molecule has 0 N–H and O–H groups in total. The lowest BCUT2D eigenvalue weighted by atomic mass is 9.75. The molecule has 1 heterocycles. The second-order valence-electron chi connectivity index (χ2n) is 6.97. The SMILES string of the molecule is COCCOC(=O)C1=C(C)N=C(C)C(C(=O)OC(C)C)C1c1cccc(F)c1F. The second-order valence-corrected chi connectivity index (χ2v) is 6.97. The molecule has 1 aromatic rings. The molecule has 1 aliphatic rings. The monoisotopic (exact) mass is 409 g/mol. The Hall–Kier alpha value is -2.61. The van der Waals surface area contributed by atoms with Crippen molar-refractivity contribution in [2.45, 2.75) is 39.7 Å². The summed E-state index contributed by atoms with van der Waals surface area (Å²) in [7, 11) is 1.45. The number of ether oxygens (including phenoxy) is 3. The predicted octanol–water partition coefficient (Wildman–Crippen LogP) is 3.55. The van der Waals surface area contributed by atoms with Gasteiger partial charge < -0.3 is 14.2 Å². The first-order valence-electron chi connectivity index (χ1n) is 9.25. The molecule has 8 heteroatoms. The molecule has 0 radical (unpaired) electrons. The molecule has 0 fully saturated rings. The van der Waals surface area contributed by atoms with Crippen LogP contribution in [0.4, 0.5) is 8.78 Å². The summed E-state index contributed by atoms with van der Waals surface area (Å²) in [6.45, 7) is 6.63. The Morgan fingerprint density at radius 2 is 1.86 bits per heavy atom. The van der Waals surface area contributed by atoms with Crippen LogP contribution in [0.3, 0.4) is 0 Å². The minimum absolute atomic E-state index is 0.0121. The summed E-state index contributed by atoms with van der Waals surface area (Å²) in [6, 6.07) is 3.63. The molecule has 0 saturated carbocycles. The Bertz CT molecular complexity index is 847. The van der Waals surface area contributed by atoms with E-state index in [2.05, 4.69) is 4.99 Å². The van der Waals surface area contributed by atoms with Gasteiger partial charge in [0.25, 0.3) is 0 Å². The molecule has 0 saturated heterocycles. The Morgan fingerprint density at radius 1 is 1.17 bits per heavy atom. The van der Waals surface area contributed by atoms with Gasteiger partial charge in [0.2, 0.25) is 0 Å². The van der Waals surface area contributed by atoms with Gasteiger partial charge in [-0.3, -0.25) is 9.79 Å². The molecule has 2 rings (SSSR count). The van der Waals surface area contributed by atoms with E-state index < -0.39 is 41.5 Å². The summed E-state index contributed by atoms with van der Waals surface area (Å²) in [4.78, 5) is 29.9. The number of carbonyl (C=O) groups is 2. The number of esters is 2. The number of benzene rings is 1. The van der Waals surface area contributed by atoms with Crippen LogP contribution in [0.15, 0.2) is 34.5 Å². The summed E-state index contributed by atoms with van der Waals surface area (Å²) in [5.74, 6) is -5.89. The zero-order valence-corrected chi connectivity index (χ0v) is 17.1. The summed E-state index contributed by atoms with van der Waals surface area (Å²) in [5.41, 5.74) is 0.465. The third-order valence-corrected chi connectivity index (χ3v) is 4.49. The van der Waals surface area contributed by atoms with E-state index in [9.17, 15) is 18.4 Å². The third-order valence-electron chi connectivity index (χ3n) is 4.49. The molecule has 0 bridgehead atoms. The van der Waals surface area contributed by atoms with Gasteiger partial charge in [-0.25, -0.2) is 13.6 Å². The molecule has 6 nitrogen and oxygen atoms in total. The number of aliphatic imine (C=N–C) groups is 1. The summed E-state index contributed by atoms with van der Waals surface area (Å²) in [5, 5.41) is 0. The molecular weight excluding hydrogens is 384 g/mol. The summed E-state index contributed by atoms with van der Waals surface area (Å²) < 4.78 is 44.1. The molecule has 2 atom stereocenters. The van der Waals surface area contributed by atoms with Crippen LogP contribution in [-0.4, -0.2) is 44.1 Å². The van der Waals surface area contributed by atoms with Crippen LogP contribution in [0.2, 0.25) is 0 Å². The number of carbonyl (C=O) groups excluding carboxylic acids is 2. The zero-order valence-electron chi connectivity index (χ0n) is 17.1. The van der Waals surface area contributed by atoms with Crippen molar-refractivity contribution < 1.29 is 32.6 Å². The van der Waals surface area contributed by atoms with Gasteiger partial charge in [-0.2, -0.15) is 0 Å². The van der Waals surface area contributed by atoms with Crippen molar-refractivity contribution in [3.05, 3.63) is 46.7 Å². The Balaban J connectivity index is 2.60. The molecular formula is C21H25F2NO5. The van der Waals surface area contributed by atoms with Crippen LogP contribution in [0, 0.1) is 17.6 Å². The van der Waals surface area contributed by atoms with Crippen molar-refractivity contribution in [1.29, 1.82) is 0 Å². The van der Waals surface area contributed by atoms with Gasteiger partial charge in [0.05, 0.1) is 18.3 Å². The van der Waals surface area contributed by atoms with Crippen molar-refractivity contribution in [2.24, 2.45) is 10.9 Å². The van der Waals surface area contributed by atoms with Gasteiger partial charge >= 0.3 is 11.9 Å². The van der Waals surface area contributed by atoms with Crippen molar-refractivity contribution >= 4 is 17.7 Å². The van der Waals surface area contributed by atoms with E-state index in [0.29, 0.717) is 5.71 Å². The second kappa shape index (κ2) is 9.73. The Labute approximate surface area is 168 Å². The molecule has 0 aliphatic carbocycles. The highest BCUT2D eigenvalue weighted by atomic mass is 19.2. The number of rotatable bonds is 7. The third kappa shape index (κ3) is 5.06. The van der Waals surface area contributed by atoms with Crippen molar-refractivity contribution in [1.82, 2.24) is 0 Å². The standard InChI is InChI=1S/C21H25F2NO5/c1-11(2)29-21(26)17-13(4)24-12(3)16(20(25)28-10-9-27-5)18(17)14-7-6-8-15(22)19(14)23/h6-8,11,17-18H,9-10H2,1-5H3. The van der Waals surface area contributed by atoms with Crippen LogP contribution in [0.5, 0.6) is 0 Å². The van der Waals surface area contributed by atoms with E-state index in [4.69, 9.17) is 14.2 Å². The van der Waals surface area contributed by atoms with Crippen LogP contribution >= 0.6 is 0 Å². The lowest BCUT2D eigenvalue weighted by molar-refractivity contribution is -0.150. The molecule has 1 aromatic carbocycles. The maximum atomic E-state index is 14.7. The van der Waals surface area contributed by atoms with Crippen LogP contribution in [0.1, 0.15) is 39.2 Å². The first kappa shape index (κ1) is 22.7. The van der Waals surface area contributed by atoms with E-state index in [1.807, 2.05) is 0 Å². The number of hydrogen-bond acceptors (Lipinski definition) is 6. The van der Waals surface area contributed by atoms with E-state index in [1.165, 1.54) is 19.2 Å². The molecule has 0 aromatic heterocycles. The lowest BCUT2D eigenvalue weighted by Crippen LogP contribution is -2.38. The fourth-order valence-electron chi connectivity index (χ4n) is 3.31. The topological polar surface area (TPSA) is 74.2 Å². The maximum Gasteiger partial charge on any atom is 0.336 e. The van der Waals surface area contributed by atoms with E-state index >= 15 is 0 Å². The largest absolute Gasteiger partial charge is 0.462 e. The highest BCUT2D eigenvalue weighted by Gasteiger charge is 2.44. The van der Waals surface area contributed by atoms with Gasteiger partial charge in [-0.05, 0) is 39.3 Å². The average molecular weight is 409 g/mol. The van der Waals surface area contributed by atoms with Gasteiger partial charge in [0, 0.05) is 24.4 Å². The fourth-order valence-corrected chi connectivity index (χ4v) is 3.31. The van der Waals surface area contributed by atoms with Gasteiger partial charge in [-0.1, -0.05) is 12.1 Å². The van der Waals surface area contributed by atoms with Crippen molar-refractivity contribution in [3.63, 3.8) is 0 Å². The van der Waals surface area contributed by atoms with Gasteiger partial charge in [0.15, 0.2) is 11.6 Å². The van der Waals surface area contributed by atoms with E-state index in [0.717, 1.165) is 6.07 Å². The van der Waals surface area contributed by atoms with E-state index in [1.54, 1.807) is 27.7 Å². The molecule has 1 aliphatic heterocycles. The van der Waals surface area contributed by atoms with Gasteiger partial charge in [-0.15, -0.1) is 0 Å². The first-order chi connectivity index (χ1) is 13.7. The van der Waals surface area contributed by atoms with Crippen LogP contribution < -0.4 is 0 Å². The number of halogens is 2. The van der Waals surface area contributed by atoms with E-state index in [-0.39, 0.29) is 30.0 Å². The average Bonchev–Trinajstić information content (AvgIpc) is 2.62. The summed E-state index contributed by atoms with van der Waals surface area (Å²) in [6.07, 6.45) is -0.433. The number of allylic oxidation sites excluding steroid dienone is 1. The fraction of sp³-hybridized carbons (Fsp3) is 0.476. The smallest absolute Gasteiger partial charge is 0.336 e. The Morgan fingerprint density at radius 3 is 2.48 bits per heavy atom. The minimum atomic E-state index is -1.13. The normalized spacial score (nSPS) is 19.2. The highest BCUT2D eigenvalue weighted by molar-refractivity contribution is 6.07. The lowest BCUT2D eigenvalue weighted by Gasteiger charge is -2.32. The molecule has 2 unspecified atom stereocenters. The number of nitrogens with zero attached hydrogens (tertiary/aromatic N) is 1. The van der Waals surface area contributed by atoms with Crippen LogP contribution in [-0.2, 0) is 23.8 Å². The molecule has 158 valence electrons. The molecule has 0 spiro atoms. The van der Waals surface area contributed by atoms with Crippen LogP contribution in [0.25, 0.3) is 0 Å². The molecule has 29 heavy (non-hydrogen) atoms. The van der Waals surface area contributed by atoms with Crippen molar-refractivity contribution in [3.8, 4) is 0 Å². The minimum Gasteiger partial charge on any atom is -0.462 e. The Kier molecular flexibility index (Phi) is 7.61. The van der Waals surface area contributed by atoms with Crippen molar-refractivity contribution in [2.75, 3.05) is 20.3 Å².